The van der Waals surface area contributed by atoms with Crippen LogP contribution in [0.3, 0.4) is 0 Å². The summed E-state index contributed by atoms with van der Waals surface area (Å²) >= 11 is 0. The van der Waals surface area contributed by atoms with Gasteiger partial charge in [-0.25, -0.2) is 4.98 Å². The van der Waals surface area contributed by atoms with Crippen LogP contribution in [0, 0.1) is 5.92 Å². The number of alkyl halides is 3. The van der Waals surface area contributed by atoms with Crippen molar-refractivity contribution in [2.24, 2.45) is 5.92 Å². The van der Waals surface area contributed by atoms with Gasteiger partial charge in [0.1, 0.15) is 18.2 Å². The third kappa shape index (κ3) is 4.95. The van der Waals surface area contributed by atoms with Gasteiger partial charge in [-0.3, -0.25) is 0 Å². The highest BCUT2D eigenvalue weighted by molar-refractivity contribution is 5.75. The molecule has 2 aromatic carbocycles. The molecule has 0 bridgehead atoms. The van der Waals surface area contributed by atoms with Gasteiger partial charge in [0, 0.05) is 6.54 Å². The van der Waals surface area contributed by atoms with Gasteiger partial charge in [0.15, 0.2) is 0 Å². The zero-order valence-corrected chi connectivity index (χ0v) is 16.8. The van der Waals surface area contributed by atoms with Crippen molar-refractivity contribution in [3.05, 3.63) is 59.9 Å². The Balaban J connectivity index is 1.47. The Kier molecular flexibility index (Phi) is 6.27. The number of rotatable bonds is 7. The molecule has 0 spiro atoms. The molecule has 2 heterocycles. The van der Waals surface area contributed by atoms with Gasteiger partial charge in [-0.1, -0.05) is 18.2 Å². The Morgan fingerprint density at radius 2 is 2.00 bits per heavy atom. The zero-order valence-electron chi connectivity index (χ0n) is 16.8. The number of nitrogens with zero attached hydrogens (tertiary/aromatic N) is 2. The number of piperidine rings is 1. The summed E-state index contributed by atoms with van der Waals surface area (Å²) in [5.74, 6) is 1.63. The van der Waals surface area contributed by atoms with E-state index in [1.54, 1.807) is 0 Å². The Morgan fingerprint density at radius 3 is 2.80 bits per heavy atom. The minimum absolute atomic E-state index is 0.126. The fraction of sp³-hybridized carbons (Fsp3) is 0.435. The van der Waals surface area contributed by atoms with Crippen LogP contribution in [0.5, 0.6) is 5.75 Å². The molecular formula is C23H26F3N3O. The van der Waals surface area contributed by atoms with E-state index < -0.39 is 11.7 Å². The quantitative estimate of drug-likeness (QED) is 0.558. The van der Waals surface area contributed by atoms with Gasteiger partial charge in [0.2, 0.25) is 0 Å². The summed E-state index contributed by atoms with van der Waals surface area (Å²) in [6.07, 6.45) is 0.287. The number of aryl methyl sites for hydroxylation is 1. The van der Waals surface area contributed by atoms with Crippen LogP contribution in [0.15, 0.2) is 48.5 Å². The molecule has 0 aliphatic carbocycles. The van der Waals surface area contributed by atoms with Crippen LogP contribution in [0.2, 0.25) is 0 Å². The number of nitrogens with one attached hydrogen (secondary N) is 1. The molecule has 0 saturated carbocycles. The second kappa shape index (κ2) is 9.08. The Hall–Kier alpha value is -2.54. The fourth-order valence-electron chi connectivity index (χ4n) is 4.10. The smallest absolute Gasteiger partial charge is 0.416 e. The monoisotopic (exact) mass is 417 g/mol. The largest absolute Gasteiger partial charge is 0.486 e. The number of benzene rings is 2. The van der Waals surface area contributed by atoms with Crippen molar-refractivity contribution in [2.75, 3.05) is 13.1 Å². The van der Waals surface area contributed by atoms with Crippen molar-refractivity contribution in [1.82, 2.24) is 14.9 Å². The van der Waals surface area contributed by atoms with E-state index in [0.717, 1.165) is 61.5 Å². The van der Waals surface area contributed by atoms with Crippen LogP contribution < -0.4 is 10.1 Å². The van der Waals surface area contributed by atoms with E-state index in [-0.39, 0.29) is 12.4 Å². The van der Waals surface area contributed by atoms with Gasteiger partial charge in [-0.15, -0.1) is 0 Å². The van der Waals surface area contributed by atoms with Crippen molar-refractivity contribution in [2.45, 2.75) is 45.0 Å². The van der Waals surface area contributed by atoms with E-state index in [9.17, 15) is 13.2 Å². The summed E-state index contributed by atoms with van der Waals surface area (Å²) in [5.41, 5.74) is 1.19. The molecule has 160 valence electrons. The summed E-state index contributed by atoms with van der Waals surface area (Å²) in [6, 6.07) is 12.9. The molecule has 1 aliphatic heterocycles. The number of hydrogen-bond donors (Lipinski definition) is 1. The first-order valence-electron chi connectivity index (χ1n) is 10.5. The molecule has 1 N–H and O–H groups in total. The molecule has 30 heavy (non-hydrogen) atoms. The lowest BCUT2D eigenvalue weighted by Gasteiger charge is -2.22. The molecule has 1 aromatic heterocycles. The van der Waals surface area contributed by atoms with Crippen molar-refractivity contribution < 1.29 is 17.9 Å². The minimum atomic E-state index is -4.39. The Labute approximate surface area is 174 Å². The van der Waals surface area contributed by atoms with E-state index in [1.807, 2.05) is 24.3 Å². The maximum Gasteiger partial charge on any atom is 0.416 e. The molecule has 4 nitrogen and oxygen atoms in total. The fourth-order valence-corrected chi connectivity index (χ4v) is 4.10. The van der Waals surface area contributed by atoms with E-state index in [2.05, 4.69) is 14.9 Å². The molecule has 1 atom stereocenters. The summed E-state index contributed by atoms with van der Waals surface area (Å²) < 4.78 is 46.7. The normalized spacial score (nSPS) is 17.4. The number of hydrogen-bond acceptors (Lipinski definition) is 3. The van der Waals surface area contributed by atoms with Crippen LogP contribution >= 0.6 is 0 Å². The second-order valence-corrected chi connectivity index (χ2v) is 7.84. The number of aromatic nitrogens is 2. The highest BCUT2D eigenvalue weighted by Crippen LogP contribution is 2.31. The number of halogens is 3. The van der Waals surface area contributed by atoms with Crippen molar-refractivity contribution in [3.8, 4) is 5.75 Å². The molecule has 0 amide bonds. The average Bonchev–Trinajstić information content (AvgIpc) is 3.10. The first kappa shape index (κ1) is 20.7. The van der Waals surface area contributed by atoms with Crippen molar-refractivity contribution >= 4 is 11.0 Å². The topological polar surface area (TPSA) is 39.1 Å². The summed E-state index contributed by atoms with van der Waals surface area (Å²) in [6.45, 7) is 3.13. The number of para-hydroxylation sites is 2. The molecule has 0 radical (unpaired) electrons. The first-order chi connectivity index (χ1) is 14.5. The van der Waals surface area contributed by atoms with Gasteiger partial charge in [0.05, 0.1) is 16.6 Å². The maximum absolute atomic E-state index is 13.0. The van der Waals surface area contributed by atoms with Gasteiger partial charge < -0.3 is 14.6 Å². The summed E-state index contributed by atoms with van der Waals surface area (Å²) in [4.78, 5) is 4.67. The minimum Gasteiger partial charge on any atom is -0.486 e. The SMILES string of the molecule is FC(F)(F)c1cccc(OCc2nc3ccccc3n2CCCC2CCCNC2)c1. The van der Waals surface area contributed by atoms with Crippen LogP contribution in [0.1, 0.15) is 37.1 Å². The summed E-state index contributed by atoms with van der Waals surface area (Å²) in [7, 11) is 0. The second-order valence-electron chi connectivity index (χ2n) is 7.84. The standard InChI is InChI=1S/C23H26F3N3O/c24-23(25,26)18-8-3-9-19(14-18)30-16-22-28-20-10-1-2-11-21(20)29(22)13-5-7-17-6-4-12-27-15-17/h1-3,8-11,14,17,27H,4-7,12-13,15-16H2. The number of ether oxygens (including phenoxy) is 1. The molecule has 1 saturated heterocycles. The van der Waals surface area contributed by atoms with Crippen molar-refractivity contribution in [1.29, 1.82) is 0 Å². The molecule has 1 aliphatic rings. The molecule has 7 heteroatoms. The first-order valence-corrected chi connectivity index (χ1v) is 10.5. The van der Waals surface area contributed by atoms with E-state index in [1.165, 1.54) is 25.0 Å². The Morgan fingerprint density at radius 1 is 1.13 bits per heavy atom. The lowest BCUT2D eigenvalue weighted by Crippen LogP contribution is -2.29. The van der Waals surface area contributed by atoms with Crippen molar-refractivity contribution in [3.63, 3.8) is 0 Å². The Bertz CT molecular complexity index is 977. The predicted octanol–water partition coefficient (Wildman–Crippen LogP) is 5.41. The van der Waals surface area contributed by atoms with Gasteiger partial charge in [-0.2, -0.15) is 13.2 Å². The molecule has 4 rings (SSSR count). The average molecular weight is 417 g/mol. The van der Waals surface area contributed by atoms with E-state index in [0.29, 0.717) is 5.92 Å². The highest BCUT2D eigenvalue weighted by Gasteiger charge is 2.30. The predicted molar refractivity (Wildman–Crippen MR) is 110 cm³/mol. The van der Waals surface area contributed by atoms with E-state index in [4.69, 9.17) is 4.74 Å². The molecule has 3 aromatic rings. The molecule has 1 fully saturated rings. The molecule has 1 unspecified atom stereocenters. The van der Waals surface area contributed by atoms with Gasteiger partial charge in [0.25, 0.3) is 0 Å². The van der Waals surface area contributed by atoms with Gasteiger partial charge >= 0.3 is 6.18 Å². The molecular weight excluding hydrogens is 391 g/mol. The van der Waals surface area contributed by atoms with Gasteiger partial charge in [-0.05, 0) is 75.0 Å². The van der Waals surface area contributed by atoms with Crippen LogP contribution in [-0.2, 0) is 19.3 Å². The van der Waals surface area contributed by atoms with Crippen LogP contribution in [0.4, 0.5) is 13.2 Å². The lowest BCUT2D eigenvalue weighted by atomic mass is 9.95. The zero-order chi connectivity index (χ0) is 21.0. The van der Waals surface area contributed by atoms with Crippen LogP contribution in [-0.4, -0.2) is 22.6 Å². The lowest BCUT2D eigenvalue weighted by molar-refractivity contribution is -0.137. The highest BCUT2D eigenvalue weighted by atomic mass is 19.4. The third-order valence-corrected chi connectivity index (χ3v) is 5.66. The van der Waals surface area contributed by atoms with E-state index >= 15 is 0 Å². The summed E-state index contributed by atoms with van der Waals surface area (Å²) in [5, 5.41) is 3.45. The third-order valence-electron chi connectivity index (χ3n) is 5.66. The van der Waals surface area contributed by atoms with Crippen LogP contribution in [0.25, 0.3) is 11.0 Å². The number of fused-ring (bicyclic) bond motifs is 1. The maximum atomic E-state index is 13.0. The number of imidazole rings is 1.